The van der Waals surface area contributed by atoms with Crippen molar-refractivity contribution in [1.82, 2.24) is 14.9 Å². The molecule has 1 saturated heterocycles. The maximum Gasteiger partial charge on any atom is 0.237 e. The molecule has 0 spiro atoms. The van der Waals surface area contributed by atoms with Crippen LogP contribution < -0.4 is 9.47 Å². The Morgan fingerprint density at radius 1 is 1.19 bits per heavy atom. The summed E-state index contributed by atoms with van der Waals surface area (Å²) in [5.41, 5.74) is 0.533. The van der Waals surface area contributed by atoms with Crippen molar-refractivity contribution in [2.75, 3.05) is 19.7 Å². The summed E-state index contributed by atoms with van der Waals surface area (Å²) in [6.45, 7) is 9.10. The van der Waals surface area contributed by atoms with Crippen molar-refractivity contribution in [3.8, 4) is 11.6 Å². The van der Waals surface area contributed by atoms with Gasteiger partial charge in [-0.15, -0.1) is 0 Å². The van der Waals surface area contributed by atoms with E-state index in [9.17, 15) is 4.39 Å². The van der Waals surface area contributed by atoms with Crippen molar-refractivity contribution in [1.29, 1.82) is 0 Å². The molecule has 6 heteroatoms. The van der Waals surface area contributed by atoms with Crippen LogP contribution in [0, 0.1) is 11.7 Å². The molecule has 0 amide bonds. The van der Waals surface area contributed by atoms with Gasteiger partial charge in [0.2, 0.25) is 5.88 Å². The molecule has 1 aliphatic heterocycles. The van der Waals surface area contributed by atoms with Crippen LogP contribution in [0.15, 0.2) is 36.7 Å². The van der Waals surface area contributed by atoms with Crippen molar-refractivity contribution >= 4 is 0 Å². The lowest BCUT2D eigenvalue weighted by Gasteiger charge is -2.32. The minimum Gasteiger partial charge on any atom is -0.490 e. The van der Waals surface area contributed by atoms with Crippen LogP contribution in [-0.2, 0) is 6.54 Å². The molecule has 1 aromatic carbocycles. The van der Waals surface area contributed by atoms with Gasteiger partial charge in [-0.1, -0.05) is 12.1 Å². The van der Waals surface area contributed by atoms with Gasteiger partial charge in [-0.05, 0) is 52.3 Å². The molecular formula is C21H28FN3O2. The largest absolute Gasteiger partial charge is 0.490 e. The molecule has 0 aliphatic carbocycles. The van der Waals surface area contributed by atoms with Gasteiger partial charge in [0.05, 0.1) is 6.61 Å². The van der Waals surface area contributed by atoms with E-state index in [1.165, 1.54) is 6.07 Å². The maximum absolute atomic E-state index is 13.7. The number of hydrogen-bond acceptors (Lipinski definition) is 5. The summed E-state index contributed by atoms with van der Waals surface area (Å²) in [4.78, 5) is 11.2. The quantitative estimate of drug-likeness (QED) is 0.763. The minimum atomic E-state index is -0.317. The van der Waals surface area contributed by atoms with Crippen LogP contribution in [0.1, 0.15) is 39.3 Å². The molecule has 1 unspecified atom stereocenters. The normalized spacial score (nSPS) is 18.3. The third-order valence-corrected chi connectivity index (χ3v) is 4.43. The molecule has 1 atom stereocenters. The predicted molar refractivity (Wildman–Crippen MR) is 102 cm³/mol. The molecule has 1 fully saturated rings. The number of ether oxygens (including phenoxy) is 2. The highest BCUT2D eigenvalue weighted by atomic mass is 19.1. The molecule has 2 heterocycles. The lowest BCUT2D eigenvalue weighted by Crippen LogP contribution is -2.37. The van der Waals surface area contributed by atoms with Crippen molar-refractivity contribution in [3.63, 3.8) is 0 Å². The summed E-state index contributed by atoms with van der Waals surface area (Å²) in [6, 6.07) is 6.55. The smallest absolute Gasteiger partial charge is 0.237 e. The van der Waals surface area contributed by atoms with Crippen molar-refractivity contribution in [3.05, 3.63) is 48.2 Å². The van der Waals surface area contributed by atoms with Crippen molar-refractivity contribution < 1.29 is 13.9 Å². The molecule has 0 bridgehead atoms. The Morgan fingerprint density at radius 3 is 2.74 bits per heavy atom. The highest BCUT2D eigenvalue weighted by Crippen LogP contribution is 2.24. The van der Waals surface area contributed by atoms with Gasteiger partial charge in [0.1, 0.15) is 11.3 Å². The second-order valence-corrected chi connectivity index (χ2v) is 8.01. The summed E-state index contributed by atoms with van der Waals surface area (Å²) >= 11 is 0. The van der Waals surface area contributed by atoms with E-state index in [0.29, 0.717) is 30.7 Å². The molecular weight excluding hydrogens is 345 g/mol. The summed E-state index contributed by atoms with van der Waals surface area (Å²) in [5, 5.41) is 0. The van der Waals surface area contributed by atoms with E-state index in [4.69, 9.17) is 9.47 Å². The van der Waals surface area contributed by atoms with Crippen LogP contribution in [-0.4, -0.2) is 40.2 Å². The Kier molecular flexibility index (Phi) is 6.26. The summed E-state index contributed by atoms with van der Waals surface area (Å²) in [7, 11) is 0. The Balaban J connectivity index is 1.58. The van der Waals surface area contributed by atoms with Crippen LogP contribution in [0.25, 0.3) is 0 Å². The molecule has 5 nitrogen and oxygen atoms in total. The van der Waals surface area contributed by atoms with Crippen molar-refractivity contribution in [2.24, 2.45) is 5.92 Å². The highest BCUT2D eigenvalue weighted by molar-refractivity contribution is 5.23. The fourth-order valence-electron chi connectivity index (χ4n) is 3.25. The van der Waals surface area contributed by atoms with Gasteiger partial charge >= 0.3 is 0 Å². The lowest BCUT2D eigenvalue weighted by atomic mass is 9.99. The zero-order chi connectivity index (χ0) is 19.3. The summed E-state index contributed by atoms with van der Waals surface area (Å²) < 4.78 is 25.4. The Labute approximate surface area is 160 Å². The molecule has 2 aromatic rings. The first-order valence-electron chi connectivity index (χ1n) is 9.49. The van der Waals surface area contributed by atoms with E-state index < -0.39 is 0 Å². The van der Waals surface area contributed by atoms with Gasteiger partial charge in [0, 0.05) is 31.4 Å². The summed E-state index contributed by atoms with van der Waals surface area (Å²) in [5.74, 6) is 0.967. The first-order valence-corrected chi connectivity index (χ1v) is 9.49. The van der Waals surface area contributed by atoms with Gasteiger partial charge in [0.25, 0.3) is 0 Å². The third kappa shape index (κ3) is 5.89. The van der Waals surface area contributed by atoms with Crippen LogP contribution >= 0.6 is 0 Å². The van der Waals surface area contributed by atoms with Crippen LogP contribution in [0.4, 0.5) is 4.39 Å². The SMILES string of the molecule is CC(C)(C)Oc1nccnc1CN1CCCC(COc2ccccc2F)C1. The molecule has 27 heavy (non-hydrogen) atoms. The Morgan fingerprint density at radius 2 is 1.96 bits per heavy atom. The average Bonchev–Trinajstić information content (AvgIpc) is 2.62. The summed E-state index contributed by atoms with van der Waals surface area (Å²) in [6.07, 6.45) is 5.52. The van der Waals surface area contributed by atoms with E-state index in [1.807, 2.05) is 20.8 Å². The number of nitrogens with zero attached hydrogens (tertiary/aromatic N) is 3. The monoisotopic (exact) mass is 373 g/mol. The molecule has 0 saturated carbocycles. The third-order valence-electron chi connectivity index (χ3n) is 4.43. The van der Waals surface area contributed by atoms with Crippen LogP contribution in [0.5, 0.6) is 11.6 Å². The predicted octanol–water partition coefficient (Wildman–Crippen LogP) is 4.08. The number of rotatable bonds is 6. The van der Waals surface area contributed by atoms with E-state index in [2.05, 4.69) is 14.9 Å². The fourth-order valence-corrected chi connectivity index (χ4v) is 3.25. The number of benzene rings is 1. The van der Waals surface area contributed by atoms with E-state index in [1.54, 1.807) is 30.6 Å². The molecule has 0 N–H and O–H groups in total. The first-order chi connectivity index (χ1) is 12.9. The molecule has 1 aliphatic rings. The fraction of sp³-hybridized carbons (Fsp3) is 0.524. The van der Waals surface area contributed by atoms with Gasteiger partial charge in [-0.3, -0.25) is 9.88 Å². The zero-order valence-corrected chi connectivity index (χ0v) is 16.3. The lowest BCUT2D eigenvalue weighted by molar-refractivity contribution is 0.107. The Hall–Kier alpha value is -2.21. The van der Waals surface area contributed by atoms with E-state index >= 15 is 0 Å². The minimum absolute atomic E-state index is 0.311. The van der Waals surface area contributed by atoms with Gasteiger partial charge in [-0.25, -0.2) is 9.37 Å². The number of hydrogen-bond donors (Lipinski definition) is 0. The Bertz CT molecular complexity index is 748. The zero-order valence-electron chi connectivity index (χ0n) is 16.3. The number of likely N-dealkylation sites (tertiary alicyclic amines) is 1. The molecule has 3 rings (SSSR count). The van der Waals surface area contributed by atoms with E-state index in [0.717, 1.165) is 31.6 Å². The number of para-hydroxylation sites is 1. The number of piperidine rings is 1. The maximum atomic E-state index is 13.7. The second-order valence-electron chi connectivity index (χ2n) is 8.01. The first kappa shape index (κ1) is 19.5. The van der Waals surface area contributed by atoms with Gasteiger partial charge in [0.15, 0.2) is 11.6 Å². The average molecular weight is 373 g/mol. The van der Waals surface area contributed by atoms with Gasteiger partial charge < -0.3 is 9.47 Å². The van der Waals surface area contributed by atoms with Crippen molar-refractivity contribution in [2.45, 2.75) is 45.8 Å². The molecule has 1 aromatic heterocycles. The standard InChI is InChI=1S/C21H28FN3O2/c1-21(2,3)27-20-18(23-10-11-24-20)14-25-12-6-7-16(13-25)15-26-19-9-5-4-8-17(19)22/h4-5,8-11,16H,6-7,12-15H2,1-3H3. The molecule has 0 radical (unpaired) electrons. The number of halogens is 1. The second kappa shape index (κ2) is 8.65. The van der Waals surface area contributed by atoms with E-state index in [-0.39, 0.29) is 11.4 Å². The highest BCUT2D eigenvalue weighted by Gasteiger charge is 2.24. The number of aromatic nitrogens is 2. The van der Waals surface area contributed by atoms with Gasteiger partial charge in [-0.2, -0.15) is 0 Å². The van der Waals surface area contributed by atoms with Crippen LogP contribution in [0.3, 0.4) is 0 Å². The van der Waals surface area contributed by atoms with Crippen LogP contribution in [0.2, 0.25) is 0 Å². The molecule has 146 valence electrons. The topological polar surface area (TPSA) is 47.5 Å².